The standard InChI is InChI=1S/C9H10ClIN4/c1-6-3-7(14(2)12-6)4-15-5-8(10)9(11)13-15/h3,5H,4H2,1-2H3. The first-order chi connectivity index (χ1) is 7.06. The SMILES string of the molecule is Cc1cc(Cn2cc(Cl)c(I)n2)n(C)n1. The average Bonchev–Trinajstić information content (AvgIpc) is 2.59. The van der Waals surface area contributed by atoms with Crippen LogP contribution in [-0.4, -0.2) is 19.6 Å². The molecule has 4 nitrogen and oxygen atoms in total. The molecule has 0 aliphatic rings. The lowest BCUT2D eigenvalue weighted by atomic mass is 10.4. The van der Waals surface area contributed by atoms with Gasteiger partial charge in [0.1, 0.15) is 3.70 Å². The number of aryl methyl sites for hydroxylation is 2. The molecule has 0 saturated carbocycles. The van der Waals surface area contributed by atoms with Crippen LogP contribution in [0.1, 0.15) is 11.4 Å². The Morgan fingerprint density at radius 1 is 1.47 bits per heavy atom. The maximum absolute atomic E-state index is 5.93. The molecule has 0 atom stereocenters. The van der Waals surface area contributed by atoms with Gasteiger partial charge in [0.15, 0.2) is 0 Å². The third-order valence-corrected chi connectivity index (χ3v) is 3.49. The molecule has 2 aromatic heterocycles. The Bertz CT molecular complexity index is 469. The Hall–Kier alpha value is -0.560. The summed E-state index contributed by atoms with van der Waals surface area (Å²) in [5.41, 5.74) is 2.13. The van der Waals surface area contributed by atoms with Crippen LogP contribution < -0.4 is 0 Å². The highest BCUT2D eigenvalue weighted by atomic mass is 127. The van der Waals surface area contributed by atoms with Crippen LogP contribution in [0.4, 0.5) is 0 Å². The molecule has 80 valence electrons. The second-order valence-electron chi connectivity index (χ2n) is 3.37. The van der Waals surface area contributed by atoms with E-state index >= 15 is 0 Å². The fourth-order valence-electron chi connectivity index (χ4n) is 1.43. The molecule has 0 bridgehead atoms. The molecule has 0 fully saturated rings. The summed E-state index contributed by atoms with van der Waals surface area (Å²) >= 11 is 8.04. The van der Waals surface area contributed by atoms with Crippen molar-refractivity contribution in [3.8, 4) is 0 Å². The molecule has 0 aliphatic heterocycles. The predicted molar refractivity (Wildman–Crippen MR) is 67.0 cm³/mol. The highest BCUT2D eigenvalue weighted by Gasteiger charge is 2.06. The van der Waals surface area contributed by atoms with Crippen LogP contribution in [0.5, 0.6) is 0 Å². The first-order valence-electron chi connectivity index (χ1n) is 4.44. The van der Waals surface area contributed by atoms with Gasteiger partial charge in [0.2, 0.25) is 0 Å². The van der Waals surface area contributed by atoms with Crippen molar-refractivity contribution < 1.29 is 0 Å². The van der Waals surface area contributed by atoms with Crippen molar-refractivity contribution in [2.24, 2.45) is 7.05 Å². The second kappa shape index (κ2) is 4.13. The maximum atomic E-state index is 5.93. The van der Waals surface area contributed by atoms with Crippen molar-refractivity contribution >= 4 is 34.2 Å². The van der Waals surface area contributed by atoms with Crippen molar-refractivity contribution in [2.75, 3.05) is 0 Å². The molecule has 0 spiro atoms. The summed E-state index contributed by atoms with van der Waals surface area (Å²) in [4.78, 5) is 0. The molecular weight excluding hydrogens is 326 g/mol. The van der Waals surface area contributed by atoms with E-state index in [1.54, 1.807) is 0 Å². The lowest BCUT2D eigenvalue weighted by Gasteiger charge is -2.01. The number of nitrogens with zero attached hydrogens (tertiary/aromatic N) is 4. The Balaban J connectivity index is 2.25. The van der Waals surface area contributed by atoms with Gasteiger partial charge in [-0.3, -0.25) is 9.36 Å². The summed E-state index contributed by atoms with van der Waals surface area (Å²) in [6.07, 6.45) is 1.83. The number of halogens is 2. The van der Waals surface area contributed by atoms with Crippen molar-refractivity contribution in [3.63, 3.8) is 0 Å². The molecule has 2 rings (SSSR count). The fraction of sp³-hybridized carbons (Fsp3) is 0.333. The summed E-state index contributed by atoms with van der Waals surface area (Å²) < 4.78 is 4.51. The third kappa shape index (κ3) is 2.34. The summed E-state index contributed by atoms with van der Waals surface area (Å²) in [5.74, 6) is 0. The van der Waals surface area contributed by atoms with Gasteiger partial charge in [0.05, 0.1) is 23.0 Å². The molecule has 0 radical (unpaired) electrons. The van der Waals surface area contributed by atoms with Crippen LogP contribution in [0.3, 0.4) is 0 Å². The van der Waals surface area contributed by atoms with Crippen LogP contribution in [0.25, 0.3) is 0 Å². The number of hydrogen-bond donors (Lipinski definition) is 0. The molecule has 6 heteroatoms. The minimum Gasteiger partial charge on any atom is -0.270 e. The molecule has 0 N–H and O–H groups in total. The van der Waals surface area contributed by atoms with E-state index in [0.717, 1.165) is 15.1 Å². The van der Waals surface area contributed by atoms with Gasteiger partial charge < -0.3 is 0 Å². The van der Waals surface area contributed by atoms with Crippen molar-refractivity contribution in [2.45, 2.75) is 13.5 Å². The molecule has 2 heterocycles. The summed E-state index contributed by atoms with van der Waals surface area (Å²) in [7, 11) is 1.93. The van der Waals surface area contributed by atoms with Crippen molar-refractivity contribution in [1.82, 2.24) is 19.6 Å². The van der Waals surface area contributed by atoms with Gasteiger partial charge in [0, 0.05) is 13.2 Å². The van der Waals surface area contributed by atoms with Crippen LogP contribution in [0, 0.1) is 10.6 Å². The Morgan fingerprint density at radius 2 is 2.20 bits per heavy atom. The van der Waals surface area contributed by atoms with E-state index in [9.17, 15) is 0 Å². The van der Waals surface area contributed by atoms with Gasteiger partial charge in [-0.05, 0) is 35.6 Å². The zero-order valence-corrected chi connectivity index (χ0v) is 11.3. The van der Waals surface area contributed by atoms with E-state index in [4.69, 9.17) is 11.6 Å². The van der Waals surface area contributed by atoms with E-state index in [-0.39, 0.29) is 0 Å². The van der Waals surface area contributed by atoms with E-state index in [1.165, 1.54) is 0 Å². The monoisotopic (exact) mass is 336 g/mol. The first kappa shape index (κ1) is 10.9. The Labute approximate surface area is 106 Å². The Kier molecular flexibility index (Phi) is 3.01. The topological polar surface area (TPSA) is 35.6 Å². The zero-order valence-electron chi connectivity index (χ0n) is 8.41. The normalized spacial score (nSPS) is 10.9. The average molecular weight is 337 g/mol. The summed E-state index contributed by atoms with van der Waals surface area (Å²) in [5, 5.41) is 9.25. The number of hydrogen-bond acceptors (Lipinski definition) is 2. The van der Waals surface area contributed by atoms with Crippen molar-refractivity contribution in [3.05, 3.63) is 32.4 Å². The van der Waals surface area contributed by atoms with Gasteiger partial charge in [-0.2, -0.15) is 10.2 Å². The Morgan fingerprint density at radius 3 is 2.67 bits per heavy atom. The van der Waals surface area contributed by atoms with E-state index < -0.39 is 0 Å². The van der Waals surface area contributed by atoms with Crippen LogP contribution in [-0.2, 0) is 13.6 Å². The predicted octanol–water partition coefficient (Wildman–Crippen LogP) is 2.23. The van der Waals surface area contributed by atoms with Gasteiger partial charge >= 0.3 is 0 Å². The molecule has 0 amide bonds. The lowest BCUT2D eigenvalue weighted by molar-refractivity contribution is 0.616. The third-order valence-electron chi connectivity index (χ3n) is 2.10. The second-order valence-corrected chi connectivity index (χ2v) is 4.80. The van der Waals surface area contributed by atoms with E-state index in [1.807, 2.05) is 35.6 Å². The fourth-order valence-corrected chi connectivity index (χ4v) is 2.00. The maximum Gasteiger partial charge on any atom is 0.141 e. The summed E-state index contributed by atoms with van der Waals surface area (Å²) in [6.45, 7) is 2.67. The van der Waals surface area contributed by atoms with Gasteiger partial charge in [0.25, 0.3) is 0 Å². The minimum absolute atomic E-state index is 0.689. The molecule has 0 unspecified atom stereocenters. The van der Waals surface area contributed by atoms with Crippen molar-refractivity contribution in [1.29, 1.82) is 0 Å². The molecule has 15 heavy (non-hydrogen) atoms. The minimum atomic E-state index is 0.689. The molecule has 0 aromatic carbocycles. The van der Waals surface area contributed by atoms with Gasteiger partial charge in [-0.1, -0.05) is 11.6 Å². The molecule has 0 aliphatic carbocycles. The molecular formula is C9H10ClIN4. The molecule has 2 aromatic rings. The van der Waals surface area contributed by atoms with Crippen LogP contribution >= 0.6 is 34.2 Å². The number of aromatic nitrogens is 4. The van der Waals surface area contributed by atoms with Crippen LogP contribution in [0.15, 0.2) is 12.3 Å². The smallest absolute Gasteiger partial charge is 0.141 e. The van der Waals surface area contributed by atoms with Gasteiger partial charge in [-0.15, -0.1) is 0 Å². The zero-order chi connectivity index (χ0) is 11.0. The van der Waals surface area contributed by atoms with Gasteiger partial charge in [-0.25, -0.2) is 0 Å². The van der Waals surface area contributed by atoms with E-state index in [2.05, 4.69) is 32.8 Å². The highest BCUT2D eigenvalue weighted by Crippen LogP contribution is 2.16. The quantitative estimate of drug-likeness (QED) is 0.789. The summed E-state index contributed by atoms with van der Waals surface area (Å²) in [6, 6.07) is 2.04. The van der Waals surface area contributed by atoms with E-state index in [0.29, 0.717) is 11.6 Å². The largest absolute Gasteiger partial charge is 0.270 e. The highest BCUT2D eigenvalue weighted by molar-refractivity contribution is 14.1. The number of rotatable bonds is 2. The lowest BCUT2D eigenvalue weighted by Crippen LogP contribution is -2.05. The first-order valence-corrected chi connectivity index (χ1v) is 5.90. The van der Waals surface area contributed by atoms with Crippen LogP contribution in [0.2, 0.25) is 5.02 Å². The molecule has 0 saturated heterocycles.